The van der Waals surface area contributed by atoms with Crippen LogP contribution in [0.3, 0.4) is 0 Å². The van der Waals surface area contributed by atoms with Crippen LogP contribution in [0.5, 0.6) is 0 Å². The summed E-state index contributed by atoms with van der Waals surface area (Å²) >= 11 is 1.84. The molecule has 2 heterocycles. The third-order valence-corrected chi connectivity index (χ3v) is 3.99. The first-order valence-corrected chi connectivity index (χ1v) is 7.18. The maximum atomic E-state index is 12.4. The van der Waals surface area contributed by atoms with Crippen LogP contribution in [-0.2, 0) is 17.0 Å². The highest BCUT2D eigenvalue weighted by molar-refractivity contribution is 7.98. The molecule has 98 valence electrons. The van der Waals surface area contributed by atoms with E-state index in [1.165, 1.54) is 5.56 Å². The number of thioether (sulfide) groups is 1. The molecular weight excluding hydrogens is 262 g/mol. The minimum Gasteiger partial charge on any atom is -0.311 e. The molecule has 0 bridgehead atoms. The van der Waals surface area contributed by atoms with E-state index in [0.717, 1.165) is 23.7 Å². The highest BCUT2D eigenvalue weighted by Gasteiger charge is 2.22. The van der Waals surface area contributed by atoms with E-state index in [4.69, 9.17) is 0 Å². The Morgan fingerprint density at radius 1 is 1.42 bits per heavy atom. The second kappa shape index (κ2) is 5.40. The van der Waals surface area contributed by atoms with Crippen molar-refractivity contribution in [1.29, 1.82) is 0 Å². The Morgan fingerprint density at radius 3 is 3.16 bits per heavy atom. The Kier molecular flexibility index (Phi) is 3.45. The zero-order chi connectivity index (χ0) is 13.1. The molecule has 1 aromatic carbocycles. The van der Waals surface area contributed by atoms with Gasteiger partial charge in [-0.25, -0.2) is 0 Å². The van der Waals surface area contributed by atoms with Crippen molar-refractivity contribution in [1.82, 2.24) is 20.6 Å². The molecule has 3 rings (SSSR count). The molecule has 1 amide bonds. The minimum absolute atomic E-state index is 0.0105. The zero-order valence-corrected chi connectivity index (χ0v) is 11.1. The van der Waals surface area contributed by atoms with Crippen molar-refractivity contribution in [2.45, 2.75) is 12.2 Å². The van der Waals surface area contributed by atoms with Crippen molar-refractivity contribution < 1.29 is 4.79 Å². The number of nitrogens with one attached hydrogen (secondary N) is 1. The summed E-state index contributed by atoms with van der Waals surface area (Å²) in [4.78, 5) is 14.2. The number of amides is 1. The van der Waals surface area contributed by atoms with Crippen molar-refractivity contribution in [3.8, 4) is 0 Å². The number of para-hydroxylation sites is 1. The number of benzene rings is 1. The third kappa shape index (κ3) is 2.60. The van der Waals surface area contributed by atoms with E-state index >= 15 is 0 Å². The van der Waals surface area contributed by atoms with E-state index in [0.29, 0.717) is 5.82 Å². The molecule has 19 heavy (non-hydrogen) atoms. The van der Waals surface area contributed by atoms with Gasteiger partial charge in [-0.15, -0.1) is 10.2 Å². The van der Waals surface area contributed by atoms with Gasteiger partial charge >= 0.3 is 0 Å². The van der Waals surface area contributed by atoms with E-state index in [1.54, 1.807) is 0 Å². The maximum Gasteiger partial charge on any atom is 0.234 e. The number of hydrogen-bond donors (Lipinski definition) is 1. The predicted molar refractivity (Wildman–Crippen MR) is 72.8 cm³/mol. The van der Waals surface area contributed by atoms with Gasteiger partial charge in [0.25, 0.3) is 0 Å². The largest absolute Gasteiger partial charge is 0.311 e. The molecule has 1 aliphatic heterocycles. The second-order valence-corrected chi connectivity index (χ2v) is 5.34. The summed E-state index contributed by atoms with van der Waals surface area (Å²) < 4.78 is 0. The van der Waals surface area contributed by atoms with Crippen molar-refractivity contribution >= 4 is 23.4 Å². The van der Waals surface area contributed by atoms with Crippen LogP contribution in [0.4, 0.5) is 5.69 Å². The molecule has 0 atom stereocenters. The minimum atomic E-state index is 0.0105. The predicted octanol–water partition coefficient (Wildman–Crippen LogP) is 1.02. The van der Waals surface area contributed by atoms with Crippen LogP contribution in [0.2, 0.25) is 0 Å². The van der Waals surface area contributed by atoms with Gasteiger partial charge in [0, 0.05) is 23.7 Å². The molecular formula is C12H13N5OS. The number of carbonyl (C=O) groups excluding carboxylic acids is 1. The van der Waals surface area contributed by atoms with Gasteiger partial charge in [-0.1, -0.05) is 23.4 Å². The lowest BCUT2D eigenvalue weighted by molar-refractivity contribution is -0.118. The number of nitrogens with zero attached hydrogens (tertiary/aromatic N) is 4. The lowest BCUT2D eigenvalue weighted by atomic mass is 10.1. The maximum absolute atomic E-state index is 12.4. The van der Waals surface area contributed by atoms with Gasteiger partial charge in [-0.3, -0.25) is 4.79 Å². The standard InChI is InChI=1S/C12H13N5OS/c18-12(7-11-13-15-16-14-11)17-5-6-19-8-9-3-1-2-4-10(9)17/h1-4H,5-8H2,(H,13,14,15,16). The average molecular weight is 275 g/mol. The number of carbonyl (C=O) groups is 1. The van der Waals surface area contributed by atoms with Gasteiger partial charge in [-0.05, 0) is 11.6 Å². The van der Waals surface area contributed by atoms with Gasteiger partial charge in [-0.2, -0.15) is 17.0 Å². The number of hydrogen-bond acceptors (Lipinski definition) is 5. The number of fused-ring (bicyclic) bond motifs is 1. The quantitative estimate of drug-likeness (QED) is 0.885. The van der Waals surface area contributed by atoms with Crippen molar-refractivity contribution in [2.24, 2.45) is 0 Å². The second-order valence-electron chi connectivity index (χ2n) is 4.23. The van der Waals surface area contributed by atoms with Crippen LogP contribution >= 0.6 is 11.8 Å². The lowest BCUT2D eigenvalue weighted by Crippen LogP contribution is -2.34. The van der Waals surface area contributed by atoms with Crippen LogP contribution in [0, 0.1) is 0 Å². The topological polar surface area (TPSA) is 74.8 Å². The molecule has 1 N–H and O–H groups in total. The highest BCUT2D eigenvalue weighted by Crippen LogP contribution is 2.28. The summed E-state index contributed by atoms with van der Waals surface area (Å²) in [5.41, 5.74) is 2.20. The fourth-order valence-electron chi connectivity index (χ4n) is 2.10. The van der Waals surface area contributed by atoms with Crippen LogP contribution < -0.4 is 4.90 Å². The molecule has 7 heteroatoms. The molecule has 0 spiro atoms. The van der Waals surface area contributed by atoms with E-state index in [9.17, 15) is 4.79 Å². The van der Waals surface area contributed by atoms with Crippen LogP contribution in [-0.4, -0.2) is 38.8 Å². The zero-order valence-electron chi connectivity index (χ0n) is 10.2. The first-order chi connectivity index (χ1) is 9.34. The fourth-order valence-corrected chi connectivity index (χ4v) is 3.02. The fraction of sp³-hybridized carbons (Fsp3) is 0.333. The highest BCUT2D eigenvalue weighted by atomic mass is 32.2. The van der Waals surface area contributed by atoms with Crippen molar-refractivity contribution in [2.75, 3.05) is 17.2 Å². The SMILES string of the molecule is O=C(Cc1nn[nH]n1)N1CCSCc2ccccc21. The molecule has 1 aromatic heterocycles. The summed E-state index contributed by atoms with van der Waals surface area (Å²) in [5, 5.41) is 13.5. The van der Waals surface area contributed by atoms with Gasteiger partial charge in [0.05, 0.1) is 6.42 Å². The molecule has 2 aromatic rings. The molecule has 0 saturated carbocycles. The molecule has 0 saturated heterocycles. The number of aromatic nitrogens is 4. The van der Waals surface area contributed by atoms with Crippen LogP contribution in [0.15, 0.2) is 24.3 Å². The van der Waals surface area contributed by atoms with Crippen molar-refractivity contribution in [3.05, 3.63) is 35.7 Å². The summed E-state index contributed by atoms with van der Waals surface area (Å²) in [6, 6.07) is 8.04. The Morgan fingerprint density at radius 2 is 2.32 bits per heavy atom. The Balaban J connectivity index is 1.85. The Hall–Kier alpha value is -1.89. The van der Waals surface area contributed by atoms with Crippen LogP contribution in [0.25, 0.3) is 0 Å². The normalized spacial score (nSPS) is 14.8. The Labute approximate surface area is 114 Å². The van der Waals surface area contributed by atoms with Crippen LogP contribution in [0.1, 0.15) is 11.4 Å². The van der Waals surface area contributed by atoms with E-state index in [-0.39, 0.29) is 12.3 Å². The number of tetrazole rings is 1. The lowest BCUT2D eigenvalue weighted by Gasteiger charge is -2.21. The molecule has 0 unspecified atom stereocenters. The third-order valence-electron chi connectivity index (χ3n) is 3.00. The number of anilines is 1. The molecule has 0 aliphatic carbocycles. The molecule has 0 fully saturated rings. The van der Waals surface area contributed by atoms with Gasteiger partial charge in [0.15, 0.2) is 5.82 Å². The molecule has 1 aliphatic rings. The summed E-state index contributed by atoms with van der Waals surface area (Å²) in [7, 11) is 0. The van der Waals surface area contributed by atoms with E-state index in [2.05, 4.69) is 26.7 Å². The van der Waals surface area contributed by atoms with Crippen molar-refractivity contribution in [3.63, 3.8) is 0 Å². The molecule has 6 nitrogen and oxygen atoms in total. The summed E-state index contributed by atoms with van der Waals surface area (Å²) in [6.45, 7) is 0.721. The number of H-pyrrole nitrogens is 1. The summed E-state index contributed by atoms with van der Waals surface area (Å²) in [6.07, 6.45) is 0.176. The van der Waals surface area contributed by atoms with E-state index < -0.39 is 0 Å². The van der Waals surface area contributed by atoms with Gasteiger partial charge < -0.3 is 4.90 Å². The smallest absolute Gasteiger partial charge is 0.234 e. The monoisotopic (exact) mass is 275 g/mol. The number of rotatable bonds is 2. The van der Waals surface area contributed by atoms with Gasteiger partial charge in [0.2, 0.25) is 5.91 Å². The van der Waals surface area contributed by atoms with E-state index in [1.807, 2.05) is 34.9 Å². The summed E-state index contributed by atoms with van der Waals surface area (Å²) in [5.74, 6) is 2.32. The van der Waals surface area contributed by atoms with Gasteiger partial charge in [0.1, 0.15) is 0 Å². The number of aromatic amines is 1. The average Bonchev–Trinajstić information content (AvgIpc) is 2.83. The molecule has 0 radical (unpaired) electrons. The Bertz CT molecular complexity index is 571. The first kappa shape index (κ1) is 12.2. The first-order valence-electron chi connectivity index (χ1n) is 6.03.